The molecule has 2 heterocycles. The van der Waals surface area contributed by atoms with Gasteiger partial charge >= 0.3 is 0 Å². The van der Waals surface area contributed by atoms with Crippen LogP contribution in [0.15, 0.2) is 18.3 Å². The average Bonchev–Trinajstić information content (AvgIpc) is 3.23. The molecule has 6 heteroatoms. The highest BCUT2D eigenvalue weighted by Crippen LogP contribution is 2.23. The zero-order valence-electron chi connectivity index (χ0n) is 10.7. The van der Waals surface area contributed by atoms with Crippen LogP contribution in [0.2, 0.25) is 0 Å². The first kappa shape index (κ1) is 12.2. The minimum atomic E-state index is -0.281. The van der Waals surface area contributed by atoms with E-state index in [4.69, 9.17) is 10.5 Å². The van der Waals surface area contributed by atoms with Crippen molar-refractivity contribution in [1.29, 1.82) is 0 Å². The molecule has 6 nitrogen and oxygen atoms in total. The molecule has 0 aromatic carbocycles. The maximum atomic E-state index is 12.2. The van der Waals surface area contributed by atoms with Gasteiger partial charge in [0.15, 0.2) is 0 Å². The van der Waals surface area contributed by atoms with Crippen LogP contribution in [0.1, 0.15) is 12.8 Å². The Morgan fingerprint density at radius 2 is 2.37 bits per heavy atom. The normalized spacial score (nSPS) is 23.2. The van der Waals surface area contributed by atoms with Crippen molar-refractivity contribution in [2.75, 3.05) is 30.4 Å². The molecule has 1 aliphatic carbocycles. The van der Waals surface area contributed by atoms with Gasteiger partial charge in [0.2, 0.25) is 5.91 Å². The van der Waals surface area contributed by atoms with E-state index >= 15 is 0 Å². The SMILES string of the molecule is Nc1cc(N2CCOCC2C(=O)NC2CC2)ccn1. The number of hydrogen-bond donors (Lipinski definition) is 2. The molecule has 1 amide bonds. The highest BCUT2D eigenvalue weighted by molar-refractivity contribution is 5.86. The van der Waals surface area contributed by atoms with Crippen molar-refractivity contribution >= 4 is 17.4 Å². The first-order valence-electron chi connectivity index (χ1n) is 6.60. The van der Waals surface area contributed by atoms with Crippen LogP contribution in [0.5, 0.6) is 0 Å². The lowest BCUT2D eigenvalue weighted by Gasteiger charge is -2.36. The zero-order chi connectivity index (χ0) is 13.2. The molecule has 2 aliphatic rings. The number of morpholine rings is 1. The van der Waals surface area contributed by atoms with E-state index < -0.39 is 0 Å². The van der Waals surface area contributed by atoms with Gasteiger partial charge in [0.05, 0.1) is 13.2 Å². The highest BCUT2D eigenvalue weighted by atomic mass is 16.5. The zero-order valence-corrected chi connectivity index (χ0v) is 10.7. The van der Waals surface area contributed by atoms with Crippen molar-refractivity contribution in [3.8, 4) is 0 Å². The number of nitrogens with two attached hydrogens (primary N) is 1. The molecule has 3 rings (SSSR count). The van der Waals surface area contributed by atoms with Crippen molar-refractivity contribution < 1.29 is 9.53 Å². The molecule has 0 bridgehead atoms. The quantitative estimate of drug-likeness (QED) is 0.810. The summed E-state index contributed by atoms with van der Waals surface area (Å²) in [4.78, 5) is 18.3. The molecule has 0 radical (unpaired) electrons. The van der Waals surface area contributed by atoms with Crippen LogP contribution in [0.3, 0.4) is 0 Å². The number of amides is 1. The first-order valence-corrected chi connectivity index (χ1v) is 6.60. The Hall–Kier alpha value is -1.82. The maximum Gasteiger partial charge on any atom is 0.245 e. The van der Waals surface area contributed by atoms with E-state index in [1.165, 1.54) is 0 Å². The summed E-state index contributed by atoms with van der Waals surface area (Å²) in [7, 11) is 0. The number of carbonyl (C=O) groups is 1. The van der Waals surface area contributed by atoms with Gasteiger partial charge in [-0.3, -0.25) is 4.79 Å². The minimum absolute atomic E-state index is 0.0394. The van der Waals surface area contributed by atoms with Crippen LogP contribution < -0.4 is 16.0 Å². The molecule has 1 aliphatic heterocycles. The Kier molecular flexibility index (Phi) is 3.25. The third kappa shape index (κ3) is 2.78. The number of pyridine rings is 1. The second kappa shape index (κ2) is 5.05. The molecule has 102 valence electrons. The van der Waals surface area contributed by atoms with E-state index in [1.807, 2.05) is 11.0 Å². The van der Waals surface area contributed by atoms with Crippen molar-refractivity contribution in [3.63, 3.8) is 0 Å². The molecule has 1 unspecified atom stereocenters. The number of anilines is 2. The van der Waals surface area contributed by atoms with Crippen molar-refractivity contribution in [1.82, 2.24) is 10.3 Å². The number of ether oxygens (including phenoxy) is 1. The third-order valence-corrected chi connectivity index (χ3v) is 3.45. The Labute approximate surface area is 111 Å². The summed E-state index contributed by atoms with van der Waals surface area (Å²) in [5, 5.41) is 3.03. The number of aromatic nitrogens is 1. The molecule has 2 fully saturated rings. The third-order valence-electron chi connectivity index (χ3n) is 3.45. The largest absolute Gasteiger partial charge is 0.384 e. The van der Waals surface area contributed by atoms with Gasteiger partial charge in [-0.25, -0.2) is 4.98 Å². The molecule has 1 atom stereocenters. The average molecular weight is 262 g/mol. The number of hydrogen-bond acceptors (Lipinski definition) is 5. The van der Waals surface area contributed by atoms with Gasteiger partial charge < -0.3 is 20.7 Å². The Morgan fingerprint density at radius 1 is 1.53 bits per heavy atom. The van der Waals surface area contributed by atoms with Crippen LogP contribution in [0.25, 0.3) is 0 Å². The molecule has 19 heavy (non-hydrogen) atoms. The standard InChI is InChI=1S/C13H18N4O2/c14-12-7-10(3-4-15-12)17-5-6-19-8-11(17)13(18)16-9-1-2-9/h3-4,7,9,11H,1-2,5-6,8H2,(H2,14,15)(H,16,18). The van der Waals surface area contributed by atoms with Gasteiger partial charge in [-0.05, 0) is 18.9 Å². The predicted molar refractivity (Wildman–Crippen MR) is 71.8 cm³/mol. The second-order valence-electron chi connectivity index (χ2n) is 5.01. The fourth-order valence-corrected chi connectivity index (χ4v) is 2.27. The topological polar surface area (TPSA) is 80.5 Å². The molecule has 1 aromatic rings. The summed E-state index contributed by atoms with van der Waals surface area (Å²) in [6.07, 6.45) is 3.83. The van der Waals surface area contributed by atoms with E-state index in [1.54, 1.807) is 12.3 Å². The predicted octanol–water partition coefficient (Wildman–Crippen LogP) is 0.148. The molecular formula is C13H18N4O2. The monoisotopic (exact) mass is 262 g/mol. The Bertz CT molecular complexity index is 475. The number of nitrogens with zero attached hydrogens (tertiary/aromatic N) is 2. The van der Waals surface area contributed by atoms with Crippen molar-refractivity contribution in [2.24, 2.45) is 0 Å². The minimum Gasteiger partial charge on any atom is -0.384 e. The summed E-state index contributed by atoms with van der Waals surface area (Å²) in [5.41, 5.74) is 6.63. The van der Waals surface area contributed by atoms with Crippen LogP contribution >= 0.6 is 0 Å². The molecule has 1 saturated carbocycles. The summed E-state index contributed by atoms with van der Waals surface area (Å²) in [6.45, 7) is 1.72. The highest BCUT2D eigenvalue weighted by Gasteiger charge is 2.33. The molecular weight excluding hydrogens is 244 g/mol. The van der Waals surface area contributed by atoms with Gasteiger partial charge in [0, 0.05) is 30.5 Å². The lowest BCUT2D eigenvalue weighted by molar-refractivity contribution is -0.124. The van der Waals surface area contributed by atoms with Crippen molar-refractivity contribution in [2.45, 2.75) is 24.9 Å². The van der Waals surface area contributed by atoms with Crippen LogP contribution in [0.4, 0.5) is 11.5 Å². The summed E-state index contributed by atoms with van der Waals surface area (Å²) >= 11 is 0. The van der Waals surface area contributed by atoms with E-state index in [2.05, 4.69) is 10.3 Å². The summed E-state index contributed by atoms with van der Waals surface area (Å²) < 4.78 is 5.44. The van der Waals surface area contributed by atoms with E-state index in [9.17, 15) is 4.79 Å². The maximum absolute atomic E-state index is 12.2. The molecule has 3 N–H and O–H groups in total. The van der Waals surface area contributed by atoms with E-state index in [-0.39, 0.29) is 11.9 Å². The molecule has 1 saturated heterocycles. The summed E-state index contributed by atoms with van der Waals surface area (Å²) in [6, 6.07) is 3.75. The van der Waals surface area contributed by atoms with Crippen LogP contribution in [-0.4, -0.2) is 42.7 Å². The number of rotatable bonds is 3. The second-order valence-corrected chi connectivity index (χ2v) is 5.01. The first-order chi connectivity index (χ1) is 9.24. The fraction of sp³-hybridized carbons (Fsp3) is 0.538. The van der Waals surface area contributed by atoms with E-state index in [0.717, 1.165) is 18.5 Å². The van der Waals surface area contributed by atoms with Gasteiger partial charge in [0.25, 0.3) is 0 Å². The fourth-order valence-electron chi connectivity index (χ4n) is 2.27. The van der Waals surface area contributed by atoms with Gasteiger partial charge in [-0.15, -0.1) is 0 Å². The van der Waals surface area contributed by atoms with E-state index in [0.29, 0.717) is 31.6 Å². The summed E-state index contributed by atoms with van der Waals surface area (Å²) in [5.74, 6) is 0.503. The lowest BCUT2D eigenvalue weighted by Crippen LogP contribution is -2.54. The van der Waals surface area contributed by atoms with Gasteiger partial charge in [-0.1, -0.05) is 0 Å². The number of nitrogens with one attached hydrogen (secondary N) is 1. The number of nitrogen functional groups attached to an aromatic ring is 1. The van der Waals surface area contributed by atoms with Gasteiger partial charge in [0.1, 0.15) is 11.9 Å². The Morgan fingerprint density at radius 3 is 3.11 bits per heavy atom. The smallest absolute Gasteiger partial charge is 0.245 e. The van der Waals surface area contributed by atoms with Gasteiger partial charge in [-0.2, -0.15) is 0 Å². The van der Waals surface area contributed by atoms with Crippen LogP contribution in [-0.2, 0) is 9.53 Å². The molecule has 1 aromatic heterocycles. The number of carbonyl (C=O) groups excluding carboxylic acids is 1. The molecule has 0 spiro atoms. The van der Waals surface area contributed by atoms with Crippen molar-refractivity contribution in [3.05, 3.63) is 18.3 Å². The lowest BCUT2D eigenvalue weighted by atomic mass is 10.2. The Balaban J connectivity index is 1.77. The van der Waals surface area contributed by atoms with Crippen LogP contribution in [0, 0.1) is 0 Å².